The first-order chi connectivity index (χ1) is 9.05. The van der Waals surface area contributed by atoms with Gasteiger partial charge in [-0.05, 0) is 37.3 Å². The number of ether oxygens (including phenoxy) is 2. The van der Waals surface area contributed by atoms with Crippen molar-refractivity contribution in [1.82, 2.24) is 0 Å². The topological polar surface area (TPSA) is 38.8 Å². The summed E-state index contributed by atoms with van der Waals surface area (Å²) in [6, 6.07) is 8.06. The van der Waals surface area contributed by atoms with Crippen LogP contribution in [-0.2, 0) is 25.3 Å². The van der Waals surface area contributed by atoms with Crippen molar-refractivity contribution in [3.63, 3.8) is 0 Å². The molecular formula is C17H24O3. The third-order valence-corrected chi connectivity index (χ3v) is 3.38. The minimum Gasteiger partial charge on any atom is -0.457 e. The Morgan fingerprint density at radius 1 is 1.10 bits per heavy atom. The van der Waals surface area contributed by atoms with Gasteiger partial charge in [-0.1, -0.05) is 45.0 Å². The number of esters is 1. The molecule has 0 aliphatic carbocycles. The van der Waals surface area contributed by atoms with Gasteiger partial charge in [0.05, 0.1) is 6.61 Å². The van der Waals surface area contributed by atoms with E-state index in [1.165, 1.54) is 5.56 Å². The van der Waals surface area contributed by atoms with Gasteiger partial charge in [0.25, 0.3) is 0 Å². The lowest BCUT2D eigenvalue weighted by Crippen LogP contribution is -2.32. The van der Waals surface area contributed by atoms with Crippen LogP contribution in [0, 0.1) is 0 Å². The zero-order chi connectivity index (χ0) is 15.2. The quantitative estimate of drug-likeness (QED) is 0.612. The fraction of sp³-hybridized carbons (Fsp3) is 0.588. The van der Waals surface area contributed by atoms with E-state index < -0.39 is 11.2 Å². The summed E-state index contributed by atoms with van der Waals surface area (Å²) in [4.78, 5) is 12.3. The van der Waals surface area contributed by atoms with E-state index in [2.05, 4.69) is 32.9 Å². The minimum absolute atomic E-state index is 0.0992. The fourth-order valence-electron chi connectivity index (χ4n) is 2.07. The van der Waals surface area contributed by atoms with Crippen molar-refractivity contribution in [1.29, 1.82) is 0 Å². The largest absolute Gasteiger partial charge is 0.457 e. The van der Waals surface area contributed by atoms with Crippen LogP contribution < -0.4 is 0 Å². The van der Waals surface area contributed by atoms with Crippen molar-refractivity contribution < 1.29 is 14.3 Å². The molecule has 0 bridgehead atoms. The lowest BCUT2D eigenvalue weighted by Gasteiger charge is -2.23. The Kier molecular flexibility index (Phi) is 3.45. The van der Waals surface area contributed by atoms with E-state index in [9.17, 15) is 4.79 Å². The Labute approximate surface area is 121 Å². The second kappa shape index (κ2) is 4.59. The highest BCUT2D eigenvalue weighted by Crippen LogP contribution is 2.41. The van der Waals surface area contributed by atoms with Gasteiger partial charge in [0.2, 0.25) is 5.60 Å². The molecular weight excluding hydrogens is 252 g/mol. The van der Waals surface area contributed by atoms with Gasteiger partial charge in [0, 0.05) is 0 Å². The number of hydrogen-bond acceptors (Lipinski definition) is 3. The molecule has 1 aromatic rings. The maximum Gasteiger partial charge on any atom is 0.346 e. The lowest BCUT2D eigenvalue weighted by molar-refractivity contribution is -0.161. The highest BCUT2D eigenvalue weighted by Gasteiger charge is 2.56. The molecule has 2 rings (SSSR count). The number of hydrogen-bond donors (Lipinski definition) is 0. The van der Waals surface area contributed by atoms with Gasteiger partial charge in [-0.2, -0.15) is 0 Å². The van der Waals surface area contributed by atoms with E-state index >= 15 is 0 Å². The molecule has 3 nitrogen and oxygen atoms in total. The predicted octanol–water partition coefficient (Wildman–Crippen LogP) is 3.55. The Morgan fingerprint density at radius 3 is 1.95 bits per heavy atom. The Balaban J connectivity index is 2.21. The second-order valence-corrected chi connectivity index (χ2v) is 7.44. The van der Waals surface area contributed by atoms with Crippen LogP contribution in [-0.4, -0.2) is 18.2 Å². The Bertz CT molecular complexity index is 497. The molecule has 0 radical (unpaired) electrons. The first-order valence-corrected chi connectivity index (χ1v) is 7.03. The van der Waals surface area contributed by atoms with Crippen LogP contribution in [0.1, 0.15) is 52.7 Å². The first-order valence-electron chi connectivity index (χ1n) is 7.03. The molecule has 1 aliphatic rings. The van der Waals surface area contributed by atoms with E-state index in [0.29, 0.717) is 6.61 Å². The number of carbonyl (C=O) groups excluding carboxylic acids is 1. The van der Waals surface area contributed by atoms with Crippen molar-refractivity contribution in [2.75, 3.05) is 6.61 Å². The average molecular weight is 276 g/mol. The zero-order valence-electron chi connectivity index (χ0n) is 13.2. The molecule has 1 fully saturated rings. The summed E-state index contributed by atoms with van der Waals surface area (Å²) in [6.07, 6.45) is 0. The summed E-state index contributed by atoms with van der Waals surface area (Å²) in [5, 5.41) is 0. The summed E-state index contributed by atoms with van der Waals surface area (Å²) in [7, 11) is 0. The molecule has 0 aromatic heterocycles. The number of carbonyl (C=O) groups is 1. The molecule has 1 unspecified atom stereocenters. The van der Waals surface area contributed by atoms with Crippen LogP contribution >= 0.6 is 0 Å². The smallest absolute Gasteiger partial charge is 0.346 e. The van der Waals surface area contributed by atoms with Crippen LogP contribution in [0.4, 0.5) is 0 Å². The second-order valence-electron chi connectivity index (χ2n) is 7.44. The van der Waals surface area contributed by atoms with E-state index in [0.717, 1.165) is 5.56 Å². The first kappa shape index (κ1) is 15.0. The minimum atomic E-state index is -0.885. The average Bonchev–Trinajstić information content (AvgIpc) is 3.07. The molecule has 1 aromatic carbocycles. The van der Waals surface area contributed by atoms with Crippen LogP contribution in [0.25, 0.3) is 0 Å². The van der Waals surface area contributed by atoms with Crippen LogP contribution in [0.2, 0.25) is 0 Å². The summed E-state index contributed by atoms with van der Waals surface area (Å²) in [6.45, 7) is 12.5. The Hall–Kier alpha value is -1.35. The van der Waals surface area contributed by atoms with Crippen molar-refractivity contribution in [3.05, 3.63) is 35.4 Å². The van der Waals surface area contributed by atoms with Gasteiger partial charge >= 0.3 is 5.97 Å². The lowest BCUT2D eigenvalue weighted by atomic mass is 9.85. The monoisotopic (exact) mass is 276 g/mol. The van der Waals surface area contributed by atoms with Gasteiger partial charge in [0.1, 0.15) is 5.60 Å². The van der Waals surface area contributed by atoms with Gasteiger partial charge < -0.3 is 9.47 Å². The normalized spacial score (nSPS) is 22.5. The SMILES string of the molecule is CC(C)(C)OC(=O)C1(c2ccc(C(C)(C)C)cc2)CO1. The molecule has 3 heteroatoms. The van der Waals surface area contributed by atoms with Crippen molar-refractivity contribution in [3.8, 4) is 0 Å². The molecule has 0 spiro atoms. The van der Waals surface area contributed by atoms with Crippen molar-refractivity contribution >= 4 is 5.97 Å². The number of rotatable bonds is 2. The summed E-state index contributed by atoms with van der Waals surface area (Å²) in [5.41, 5.74) is 0.827. The van der Waals surface area contributed by atoms with Crippen LogP contribution in [0.15, 0.2) is 24.3 Å². The fourth-order valence-corrected chi connectivity index (χ4v) is 2.07. The van der Waals surface area contributed by atoms with Gasteiger partial charge in [-0.15, -0.1) is 0 Å². The molecule has 20 heavy (non-hydrogen) atoms. The molecule has 1 saturated heterocycles. The summed E-state index contributed by atoms with van der Waals surface area (Å²) in [5.74, 6) is -0.298. The third-order valence-electron chi connectivity index (χ3n) is 3.38. The molecule has 0 N–H and O–H groups in total. The van der Waals surface area contributed by atoms with Crippen LogP contribution in [0.5, 0.6) is 0 Å². The maximum absolute atomic E-state index is 12.3. The molecule has 1 aliphatic heterocycles. The molecule has 0 saturated carbocycles. The molecule has 1 atom stereocenters. The zero-order valence-corrected chi connectivity index (χ0v) is 13.2. The highest BCUT2D eigenvalue weighted by atomic mass is 16.6. The van der Waals surface area contributed by atoms with Crippen molar-refractivity contribution in [2.45, 2.75) is 58.2 Å². The predicted molar refractivity (Wildman–Crippen MR) is 78.6 cm³/mol. The standard InChI is InChI=1S/C17H24O3/c1-15(2,3)12-7-9-13(10-8-12)17(11-19-17)14(18)20-16(4,5)6/h7-10H,11H2,1-6H3. The van der Waals surface area contributed by atoms with Crippen molar-refractivity contribution in [2.24, 2.45) is 0 Å². The van der Waals surface area contributed by atoms with Gasteiger partial charge in [0.15, 0.2) is 0 Å². The van der Waals surface area contributed by atoms with E-state index in [4.69, 9.17) is 9.47 Å². The molecule has 0 amide bonds. The number of epoxide rings is 1. The Morgan fingerprint density at radius 2 is 1.60 bits per heavy atom. The van der Waals surface area contributed by atoms with Gasteiger partial charge in [-0.25, -0.2) is 4.79 Å². The third kappa shape index (κ3) is 3.04. The summed E-state index contributed by atoms with van der Waals surface area (Å²) >= 11 is 0. The van der Waals surface area contributed by atoms with Crippen LogP contribution in [0.3, 0.4) is 0 Å². The molecule has 1 heterocycles. The highest BCUT2D eigenvalue weighted by molar-refractivity contribution is 5.84. The van der Waals surface area contributed by atoms with E-state index in [-0.39, 0.29) is 11.4 Å². The summed E-state index contributed by atoms with van der Waals surface area (Å²) < 4.78 is 10.9. The van der Waals surface area contributed by atoms with Gasteiger partial charge in [-0.3, -0.25) is 0 Å². The number of benzene rings is 1. The van der Waals surface area contributed by atoms with E-state index in [1.54, 1.807) is 0 Å². The van der Waals surface area contributed by atoms with E-state index in [1.807, 2.05) is 32.9 Å². The molecule has 110 valence electrons. The maximum atomic E-state index is 12.3.